The SMILES string of the molecule is CC[C@@H]1CC[C@H](c2nnc([C@H]3CCO[C@@H]3C(C)(C)C)o2)O1. The molecule has 0 unspecified atom stereocenters. The Bertz CT molecular complexity index is 480. The molecule has 0 spiro atoms. The summed E-state index contributed by atoms with van der Waals surface area (Å²) in [7, 11) is 0. The van der Waals surface area contributed by atoms with Crippen LogP contribution in [0.5, 0.6) is 0 Å². The van der Waals surface area contributed by atoms with E-state index in [0.29, 0.717) is 17.9 Å². The minimum atomic E-state index is -0.0217. The van der Waals surface area contributed by atoms with E-state index >= 15 is 0 Å². The highest BCUT2D eigenvalue weighted by atomic mass is 16.5. The lowest BCUT2D eigenvalue weighted by molar-refractivity contribution is 0.0136. The van der Waals surface area contributed by atoms with Crippen LogP contribution in [0.1, 0.15) is 77.2 Å². The Morgan fingerprint density at radius 1 is 1.10 bits per heavy atom. The minimum absolute atomic E-state index is 0.0217. The molecule has 1 aromatic rings. The fourth-order valence-electron chi connectivity index (χ4n) is 3.41. The van der Waals surface area contributed by atoms with Crippen molar-refractivity contribution in [2.24, 2.45) is 5.41 Å². The predicted octanol–water partition coefficient (Wildman–Crippen LogP) is 3.62. The highest BCUT2D eigenvalue weighted by Gasteiger charge is 2.41. The second-order valence-electron chi connectivity index (χ2n) is 7.26. The largest absolute Gasteiger partial charge is 0.422 e. The Morgan fingerprint density at radius 3 is 2.52 bits per heavy atom. The smallest absolute Gasteiger partial charge is 0.245 e. The van der Waals surface area contributed by atoms with E-state index in [0.717, 1.165) is 32.3 Å². The first-order chi connectivity index (χ1) is 9.99. The summed E-state index contributed by atoms with van der Waals surface area (Å²) in [4.78, 5) is 0. The summed E-state index contributed by atoms with van der Waals surface area (Å²) < 4.78 is 17.8. The van der Waals surface area contributed by atoms with Gasteiger partial charge in [0.1, 0.15) is 6.10 Å². The summed E-state index contributed by atoms with van der Waals surface area (Å²) in [5, 5.41) is 8.51. The first-order valence-electron chi connectivity index (χ1n) is 8.09. The second kappa shape index (κ2) is 5.69. The Labute approximate surface area is 126 Å². The predicted molar refractivity (Wildman–Crippen MR) is 78.0 cm³/mol. The lowest BCUT2D eigenvalue weighted by Crippen LogP contribution is -2.30. The number of hydrogen-bond acceptors (Lipinski definition) is 5. The van der Waals surface area contributed by atoms with Crippen LogP contribution in [0.4, 0.5) is 0 Å². The minimum Gasteiger partial charge on any atom is -0.422 e. The van der Waals surface area contributed by atoms with E-state index in [1.165, 1.54) is 0 Å². The van der Waals surface area contributed by atoms with E-state index in [4.69, 9.17) is 13.9 Å². The molecular weight excluding hydrogens is 268 g/mol. The molecule has 4 atom stereocenters. The van der Waals surface area contributed by atoms with Gasteiger partial charge in [0.25, 0.3) is 0 Å². The van der Waals surface area contributed by atoms with Crippen molar-refractivity contribution in [3.05, 3.63) is 11.8 Å². The molecule has 0 aromatic carbocycles. The molecule has 3 rings (SSSR count). The maximum atomic E-state index is 5.94. The van der Waals surface area contributed by atoms with Gasteiger partial charge in [-0.2, -0.15) is 0 Å². The molecule has 3 heterocycles. The zero-order valence-corrected chi connectivity index (χ0v) is 13.5. The van der Waals surface area contributed by atoms with Gasteiger partial charge < -0.3 is 13.9 Å². The lowest BCUT2D eigenvalue weighted by atomic mass is 9.81. The van der Waals surface area contributed by atoms with E-state index < -0.39 is 0 Å². The van der Waals surface area contributed by atoms with Crippen LogP contribution in [-0.4, -0.2) is 29.0 Å². The van der Waals surface area contributed by atoms with Crippen LogP contribution < -0.4 is 0 Å². The third-order valence-electron chi connectivity index (χ3n) is 4.56. The summed E-state index contributed by atoms with van der Waals surface area (Å²) in [5.74, 6) is 1.56. The molecule has 0 saturated carbocycles. The molecule has 2 aliphatic heterocycles. The van der Waals surface area contributed by atoms with Crippen molar-refractivity contribution in [1.82, 2.24) is 10.2 Å². The van der Waals surface area contributed by atoms with Crippen molar-refractivity contribution in [3.63, 3.8) is 0 Å². The fraction of sp³-hybridized carbons (Fsp3) is 0.875. The van der Waals surface area contributed by atoms with Crippen LogP contribution in [0.3, 0.4) is 0 Å². The zero-order valence-electron chi connectivity index (χ0n) is 13.5. The van der Waals surface area contributed by atoms with Crippen LogP contribution in [-0.2, 0) is 9.47 Å². The molecule has 5 nitrogen and oxygen atoms in total. The third kappa shape index (κ3) is 2.99. The molecule has 0 N–H and O–H groups in total. The van der Waals surface area contributed by atoms with Gasteiger partial charge in [-0.15, -0.1) is 10.2 Å². The summed E-state index contributed by atoms with van der Waals surface area (Å²) in [6.07, 6.45) is 4.50. The van der Waals surface area contributed by atoms with Gasteiger partial charge in [0, 0.05) is 6.61 Å². The van der Waals surface area contributed by atoms with Crippen molar-refractivity contribution in [2.45, 2.75) is 77.6 Å². The van der Waals surface area contributed by atoms with Gasteiger partial charge in [0.2, 0.25) is 11.8 Å². The van der Waals surface area contributed by atoms with Gasteiger partial charge in [-0.25, -0.2) is 0 Å². The summed E-state index contributed by atoms with van der Waals surface area (Å²) in [6.45, 7) is 9.50. The van der Waals surface area contributed by atoms with Gasteiger partial charge in [0.05, 0.1) is 18.1 Å². The number of nitrogens with zero attached hydrogens (tertiary/aromatic N) is 2. The molecule has 2 saturated heterocycles. The molecule has 2 aliphatic rings. The number of hydrogen-bond donors (Lipinski definition) is 0. The third-order valence-corrected chi connectivity index (χ3v) is 4.56. The molecule has 5 heteroatoms. The highest BCUT2D eigenvalue weighted by molar-refractivity contribution is 5.03. The van der Waals surface area contributed by atoms with E-state index in [2.05, 4.69) is 37.9 Å². The maximum absolute atomic E-state index is 5.94. The van der Waals surface area contributed by atoms with E-state index in [-0.39, 0.29) is 23.5 Å². The fourth-order valence-corrected chi connectivity index (χ4v) is 3.41. The highest BCUT2D eigenvalue weighted by Crippen LogP contribution is 2.41. The van der Waals surface area contributed by atoms with Crippen LogP contribution in [0.25, 0.3) is 0 Å². The first-order valence-corrected chi connectivity index (χ1v) is 8.09. The monoisotopic (exact) mass is 294 g/mol. The van der Waals surface area contributed by atoms with Gasteiger partial charge in [-0.1, -0.05) is 27.7 Å². The topological polar surface area (TPSA) is 57.4 Å². The molecule has 0 radical (unpaired) electrons. The molecule has 0 aliphatic carbocycles. The van der Waals surface area contributed by atoms with Gasteiger partial charge >= 0.3 is 0 Å². The number of ether oxygens (including phenoxy) is 2. The number of rotatable bonds is 3. The zero-order chi connectivity index (χ0) is 15.0. The average molecular weight is 294 g/mol. The quantitative estimate of drug-likeness (QED) is 0.852. The summed E-state index contributed by atoms with van der Waals surface area (Å²) >= 11 is 0. The molecule has 0 bridgehead atoms. The average Bonchev–Trinajstić information content (AvgIpc) is 3.16. The van der Waals surface area contributed by atoms with Crippen molar-refractivity contribution < 1.29 is 13.9 Å². The Balaban J connectivity index is 1.73. The Morgan fingerprint density at radius 2 is 1.86 bits per heavy atom. The van der Waals surface area contributed by atoms with Gasteiger partial charge in [-0.3, -0.25) is 0 Å². The molecule has 0 amide bonds. The molecule has 21 heavy (non-hydrogen) atoms. The van der Waals surface area contributed by atoms with Gasteiger partial charge in [-0.05, 0) is 31.1 Å². The van der Waals surface area contributed by atoms with Crippen LogP contribution in [0.2, 0.25) is 0 Å². The van der Waals surface area contributed by atoms with E-state index in [1.54, 1.807) is 0 Å². The van der Waals surface area contributed by atoms with E-state index in [1.807, 2.05) is 0 Å². The van der Waals surface area contributed by atoms with Crippen molar-refractivity contribution in [2.75, 3.05) is 6.61 Å². The van der Waals surface area contributed by atoms with E-state index in [9.17, 15) is 0 Å². The summed E-state index contributed by atoms with van der Waals surface area (Å²) in [6, 6.07) is 0. The Hall–Kier alpha value is -0.940. The molecule has 1 aromatic heterocycles. The number of aromatic nitrogens is 2. The van der Waals surface area contributed by atoms with Gasteiger partial charge in [0.15, 0.2) is 0 Å². The van der Waals surface area contributed by atoms with Crippen molar-refractivity contribution in [1.29, 1.82) is 0 Å². The lowest BCUT2D eigenvalue weighted by Gasteiger charge is -2.29. The first kappa shape index (κ1) is 15.0. The van der Waals surface area contributed by atoms with Crippen LogP contribution in [0, 0.1) is 5.41 Å². The Kier molecular flexibility index (Phi) is 4.06. The maximum Gasteiger partial charge on any atom is 0.245 e. The molecule has 118 valence electrons. The molecule has 2 fully saturated rings. The summed E-state index contributed by atoms with van der Waals surface area (Å²) in [5.41, 5.74) is 0.0764. The van der Waals surface area contributed by atoms with Crippen LogP contribution in [0.15, 0.2) is 4.42 Å². The molecular formula is C16H26N2O3. The van der Waals surface area contributed by atoms with Crippen molar-refractivity contribution >= 4 is 0 Å². The second-order valence-corrected chi connectivity index (χ2v) is 7.26. The standard InChI is InChI=1S/C16H26N2O3/c1-5-10-6-7-12(20-10)15-18-17-14(21-15)11-8-9-19-13(11)16(2,3)4/h10-13H,5-9H2,1-4H3/t10-,11+,12-,13+/m1/s1. The van der Waals surface area contributed by atoms with Crippen LogP contribution >= 0.6 is 0 Å². The normalized spacial score (nSPS) is 33.7. The van der Waals surface area contributed by atoms with Crippen molar-refractivity contribution in [3.8, 4) is 0 Å².